The average Bonchev–Trinajstić information content (AvgIpc) is 3.12. The highest BCUT2D eigenvalue weighted by Crippen LogP contribution is 2.39. The van der Waals surface area contributed by atoms with Gasteiger partial charge in [0, 0.05) is 19.6 Å². The van der Waals surface area contributed by atoms with Gasteiger partial charge >= 0.3 is 0 Å². The van der Waals surface area contributed by atoms with Crippen LogP contribution in [0.4, 0.5) is 5.69 Å². The molecule has 0 spiro atoms. The molecule has 4 aromatic carbocycles. The standard InChI is InChI=1S/C27H21NO2S2.C2H6.CH5N.CH2O/c1-30-20-7-5-9-22(17-20)31-21-8-4-6-18(15-21)14-19-12-13-26-24(16-19)28-27(29)23-10-2-3-11-25(23)32-26;3*1-2/h2-13,15-17H,14H2,1H3,(H,28,29);1-2H3;2H2,1H3;1H2. The first-order valence-corrected chi connectivity index (χ1v) is 13.8. The highest BCUT2D eigenvalue weighted by Gasteiger charge is 2.19. The third-order valence-corrected chi connectivity index (χ3v) is 7.36. The second-order valence-corrected chi connectivity index (χ2v) is 9.72. The van der Waals surface area contributed by atoms with Gasteiger partial charge in [0.25, 0.3) is 5.91 Å². The second kappa shape index (κ2) is 16.3. The summed E-state index contributed by atoms with van der Waals surface area (Å²) >= 11 is 3.35. The van der Waals surface area contributed by atoms with Gasteiger partial charge in [0.05, 0.1) is 18.4 Å². The van der Waals surface area contributed by atoms with E-state index in [2.05, 4.69) is 59.6 Å². The van der Waals surface area contributed by atoms with E-state index in [1.165, 1.54) is 23.1 Å². The number of methoxy groups -OCH3 is 1. The fourth-order valence-electron chi connectivity index (χ4n) is 3.68. The van der Waals surface area contributed by atoms with Crippen molar-refractivity contribution in [1.82, 2.24) is 0 Å². The van der Waals surface area contributed by atoms with Crippen LogP contribution in [-0.2, 0) is 11.2 Å². The van der Waals surface area contributed by atoms with Crippen molar-refractivity contribution < 1.29 is 14.3 Å². The first kappa shape index (κ1) is 30.7. The molecule has 0 atom stereocenters. The fourth-order valence-corrected chi connectivity index (χ4v) is 5.64. The largest absolute Gasteiger partial charge is 0.497 e. The first-order chi connectivity index (χ1) is 18.7. The Hall–Kier alpha value is -3.52. The summed E-state index contributed by atoms with van der Waals surface area (Å²) in [6, 6.07) is 30.7. The number of hydrogen-bond donors (Lipinski definition) is 2. The summed E-state index contributed by atoms with van der Waals surface area (Å²) in [5.74, 6) is 0.805. The van der Waals surface area contributed by atoms with E-state index in [-0.39, 0.29) is 5.91 Å². The van der Waals surface area contributed by atoms with Gasteiger partial charge in [-0.2, -0.15) is 0 Å². The summed E-state index contributed by atoms with van der Waals surface area (Å²) in [7, 11) is 3.19. The van der Waals surface area contributed by atoms with Gasteiger partial charge < -0.3 is 20.6 Å². The molecule has 0 bridgehead atoms. The van der Waals surface area contributed by atoms with Crippen LogP contribution >= 0.6 is 23.5 Å². The van der Waals surface area contributed by atoms with Crippen molar-refractivity contribution >= 4 is 41.9 Å². The second-order valence-electron chi connectivity index (χ2n) is 7.49. The van der Waals surface area contributed by atoms with E-state index in [1.807, 2.05) is 63.1 Å². The SMILES string of the molecule is C=O.CC.CN.COc1cccc(Sc2cccc(Cc3ccc4c(c3)NC(=O)c3ccccc3S4)c2)c1. The number of amides is 1. The molecule has 0 aromatic heterocycles. The van der Waals surface area contributed by atoms with Crippen molar-refractivity contribution in [3.63, 3.8) is 0 Å². The van der Waals surface area contributed by atoms with Crippen LogP contribution in [-0.4, -0.2) is 26.9 Å². The number of hydrogen-bond acceptors (Lipinski definition) is 6. The van der Waals surface area contributed by atoms with Gasteiger partial charge in [-0.15, -0.1) is 0 Å². The molecule has 0 radical (unpaired) electrons. The van der Waals surface area contributed by atoms with Crippen LogP contribution < -0.4 is 15.8 Å². The Morgan fingerprint density at radius 2 is 1.47 bits per heavy atom. The Morgan fingerprint density at radius 3 is 2.21 bits per heavy atom. The molecule has 1 aliphatic heterocycles. The number of rotatable bonds is 5. The molecular weight excluding hydrogens is 512 g/mol. The monoisotopic (exact) mass is 546 g/mol. The van der Waals surface area contributed by atoms with Gasteiger partial charge in [-0.3, -0.25) is 4.79 Å². The third-order valence-electron chi connectivity index (χ3n) is 5.23. The number of carbonyl (C=O) groups is 2. The lowest BCUT2D eigenvalue weighted by Gasteiger charge is -2.10. The van der Waals surface area contributed by atoms with Gasteiger partial charge in [0.15, 0.2) is 0 Å². The fraction of sp³-hybridized carbons (Fsp3) is 0.161. The minimum absolute atomic E-state index is 0.0549. The molecule has 5 nitrogen and oxygen atoms in total. The van der Waals surface area contributed by atoms with Crippen LogP contribution in [0, 0.1) is 0 Å². The molecule has 0 saturated heterocycles. The summed E-state index contributed by atoms with van der Waals surface area (Å²) in [4.78, 5) is 25.0. The van der Waals surface area contributed by atoms with Crippen LogP contribution in [0.3, 0.4) is 0 Å². The van der Waals surface area contributed by atoms with Crippen molar-refractivity contribution in [1.29, 1.82) is 0 Å². The van der Waals surface area contributed by atoms with Crippen molar-refractivity contribution in [2.75, 3.05) is 19.5 Å². The van der Waals surface area contributed by atoms with E-state index in [0.717, 1.165) is 38.1 Å². The quantitative estimate of drug-likeness (QED) is 0.269. The van der Waals surface area contributed by atoms with Gasteiger partial charge in [0.2, 0.25) is 0 Å². The van der Waals surface area contributed by atoms with Gasteiger partial charge in [-0.05, 0) is 79.2 Å². The molecule has 0 unspecified atom stereocenters. The van der Waals surface area contributed by atoms with Crippen LogP contribution in [0.25, 0.3) is 0 Å². The summed E-state index contributed by atoms with van der Waals surface area (Å²) in [6.45, 7) is 6.00. The maximum absolute atomic E-state index is 12.7. The maximum Gasteiger partial charge on any atom is 0.256 e. The zero-order valence-electron chi connectivity index (χ0n) is 22.2. The average molecular weight is 547 g/mol. The lowest BCUT2D eigenvalue weighted by atomic mass is 10.0. The van der Waals surface area contributed by atoms with Crippen molar-refractivity contribution in [2.45, 2.75) is 39.9 Å². The van der Waals surface area contributed by atoms with Crippen molar-refractivity contribution in [2.24, 2.45) is 5.73 Å². The molecule has 4 aromatic rings. The van der Waals surface area contributed by atoms with Crippen LogP contribution in [0.1, 0.15) is 35.3 Å². The third kappa shape index (κ3) is 8.25. The van der Waals surface area contributed by atoms with Crippen LogP contribution in [0.2, 0.25) is 0 Å². The topological polar surface area (TPSA) is 81.4 Å². The summed E-state index contributed by atoms with van der Waals surface area (Å²) in [5, 5.41) is 3.08. The molecule has 38 heavy (non-hydrogen) atoms. The molecule has 3 N–H and O–H groups in total. The number of benzene rings is 4. The van der Waals surface area contributed by atoms with E-state index in [9.17, 15) is 4.79 Å². The molecule has 7 heteroatoms. The Kier molecular flexibility index (Phi) is 13.2. The summed E-state index contributed by atoms with van der Waals surface area (Å²) in [6.07, 6.45) is 0.799. The van der Waals surface area contributed by atoms with Crippen LogP contribution in [0.15, 0.2) is 111 Å². The minimum Gasteiger partial charge on any atom is -0.497 e. The lowest BCUT2D eigenvalue weighted by Crippen LogP contribution is -2.11. The smallest absolute Gasteiger partial charge is 0.256 e. The minimum atomic E-state index is -0.0549. The molecule has 0 fully saturated rings. The number of carbonyl (C=O) groups excluding carboxylic acids is 2. The maximum atomic E-state index is 12.7. The number of nitrogens with one attached hydrogen (secondary N) is 1. The molecule has 0 saturated carbocycles. The van der Waals surface area contributed by atoms with E-state index in [0.29, 0.717) is 0 Å². The highest BCUT2D eigenvalue weighted by atomic mass is 32.2. The molecule has 1 aliphatic rings. The zero-order chi connectivity index (χ0) is 27.9. The van der Waals surface area contributed by atoms with E-state index >= 15 is 0 Å². The number of anilines is 1. The Balaban J connectivity index is 0.000000791. The Bertz CT molecular complexity index is 1330. The van der Waals surface area contributed by atoms with E-state index in [4.69, 9.17) is 9.53 Å². The normalized spacial score (nSPS) is 10.8. The summed E-state index contributed by atoms with van der Waals surface area (Å²) in [5.41, 5.74) is 8.49. The molecular formula is C31H34N2O3S2. The molecule has 198 valence electrons. The number of fused-ring (bicyclic) bond motifs is 2. The predicted molar refractivity (Wildman–Crippen MR) is 160 cm³/mol. The van der Waals surface area contributed by atoms with Crippen LogP contribution in [0.5, 0.6) is 5.75 Å². The lowest BCUT2D eigenvalue weighted by molar-refractivity contribution is -0.0980. The zero-order valence-corrected chi connectivity index (χ0v) is 23.8. The van der Waals surface area contributed by atoms with E-state index in [1.54, 1.807) is 30.6 Å². The number of nitrogens with two attached hydrogens (primary N) is 1. The summed E-state index contributed by atoms with van der Waals surface area (Å²) < 4.78 is 5.33. The predicted octanol–water partition coefficient (Wildman–Crippen LogP) is 7.57. The number of ether oxygens (including phenoxy) is 1. The van der Waals surface area contributed by atoms with Crippen molar-refractivity contribution in [3.05, 3.63) is 108 Å². The van der Waals surface area contributed by atoms with Crippen molar-refractivity contribution in [3.8, 4) is 5.75 Å². The molecule has 1 heterocycles. The molecule has 5 rings (SSSR count). The van der Waals surface area contributed by atoms with Gasteiger partial charge in [0.1, 0.15) is 12.5 Å². The van der Waals surface area contributed by atoms with E-state index < -0.39 is 0 Å². The van der Waals surface area contributed by atoms with Gasteiger partial charge in [-0.25, -0.2) is 0 Å². The highest BCUT2D eigenvalue weighted by molar-refractivity contribution is 7.99. The van der Waals surface area contributed by atoms with Gasteiger partial charge in [-0.1, -0.05) is 73.8 Å². The first-order valence-electron chi connectivity index (χ1n) is 12.2. The molecule has 1 amide bonds. The Morgan fingerprint density at radius 1 is 0.816 bits per heavy atom. The Labute approximate surface area is 234 Å². The molecule has 0 aliphatic carbocycles.